The van der Waals surface area contributed by atoms with Gasteiger partial charge in [-0.15, -0.1) is 6.58 Å². The van der Waals surface area contributed by atoms with E-state index < -0.39 is 6.09 Å². The lowest BCUT2D eigenvalue weighted by atomic mass is 10.7. The number of ether oxygens (including phenoxy) is 1. The molecule has 0 bridgehead atoms. The molecule has 0 aromatic rings. The fourth-order valence-corrected chi connectivity index (χ4v) is 0.320. The molecule has 0 rings (SSSR count). The standard InChI is InChI=1S/C6H11NO3/c1-3-5-10-7-6(8)9-4-2/h3H,1,4-5H2,2H3,(H,7,8). The molecule has 0 heterocycles. The molecule has 0 aliphatic carbocycles. The predicted molar refractivity (Wildman–Crippen MR) is 36.3 cm³/mol. The number of carbonyl (C=O) groups excluding carboxylic acids is 1. The SMILES string of the molecule is C=CCONC(=O)OCC. The minimum absolute atomic E-state index is 0.277. The Morgan fingerprint density at radius 3 is 3.00 bits per heavy atom. The van der Waals surface area contributed by atoms with Gasteiger partial charge in [0.2, 0.25) is 0 Å². The Bertz CT molecular complexity index is 114. The van der Waals surface area contributed by atoms with Gasteiger partial charge in [-0.2, -0.15) is 5.48 Å². The molecule has 0 radical (unpaired) electrons. The van der Waals surface area contributed by atoms with Crippen molar-refractivity contribution >= 4 is 6.09 Å². The molecular formula is C6H11NO3. The summed E-state index contributed by atoms with van der Waals surface area (Å²) in [5, 5.41) is 0. The lowest BCUT2D eigenvalue weighted by Gasteiger charge is -2.02. The van der Waals surface area contributed by atoms with Gasteiger partial charge in [0.1, 0.15) is 0 Å². The van der Waals surface area contributed by atoms with Gasteiger partial charge in [-0.1, -0.05) is 6.08 Å². The Hall–Kier alpha value is -1.03. The number of hydrogen-bond acceptors (Lipinski definition) is 3. The van der Waals surface area contributed by atoms with Crippen LogP contribution in [0.1, 0.15) is 6.92 Å². The first kappa shape index (κ1) is 8.97. The molecule has 0 aliphatic rings. The first-order valence-corrected chi connectivity index (χ1v) is 2.96. The van der Waals surface area contributed by atoms with E-state index in [-0.39, 0.29) is 6.61 Å². The summed E-state index contributed by atoms with van der Waals surface area (Å²) >= 11 is 0. The minimum Gasteiger partial charge on any atom is -0.448 e. The third kappa shape index (κ3) is 5.11. The van der Waals surface area contributed by atoms with Crippen LogP contribution in [0.4, 0.5) is 4.79 Å². The van der Waals surface area contributed by atoms with Crippen LogP contribution >= 0.6 is 0 Å². The van der Waals surface area contributed by atoms with Crippen LogP contribution in [-0.2, 0) is 9.57 Å². The van der Waals surface area contributed by atoms with E-state index in [1.807, 2.05) is 0 Å². The van der Waals surface area contributed by atoms with Crippen molar-refractivity contribution in [1.82, 2.24) is 5.48 Å². The van der Waals surface area contributed by atoms with Gasteiger partial charge in [0, 0.05) is 0 Å². The molecule has 0 spiro atoms. The quantitative estimate of drug-likeness (QED) is 0.362. The molecule has 10 heavy (non-hydrogen) atoms. The van der Waals surface area contributed by atoms with E-state index in [4.69, 9.17) is 0 Å². The molecule has 0 saturated carbocycles. The van der Waals surface area contributed by atoms with Crippen molar-refractivity contribution in [3.05, 3.63) is 12.7 Å². The molecule has 0 aliphatic heterocycles. The first-order valence-electron chi connectivity index (χ1n) is 2.96. The molecule has 0 aromatic carbocycles. The highest BCUT2D eigenvalue weighted by Crippen LogP contribution is 1.76. The Morgan fingerprint density at radius 2 is 2.50 bits per heavy atom. The van der Waals surface area contributed by atoms with Gasteiger partial charge in [0.15, 0.2) is 0 Å². The molecule has 4 nitrogen and oxygen atoms in total. The fraction of sp³-hybridized carbons (Fsp3) is 0.500. The molecular weight excluding hydrogens is 134 g/mol. The summed E-state index contributed by atoms with van der Waals surface area (Å²) in [4.78, 5) is 15.0. The molecule has 58 valence electrons. The van der Waals surface area contributed by atoms with E-state index in [1.165, 1.54) is 6.08 Å². The van der Waals surface area contributed by atoms with E-state index in [1.54, 1.807) is 6.92 Å². The van der Waals surface area contributed by atoms with Crippen LogP contribution in [0.3, 0.4) is 0 Å². The minimum atomic E-state index is -0.579. The van der Waals surface area contributed by atoms with Crippen molar-refractivity contribution < 1.29 is 14.4 Å². The summed E-state index contributed by atoms with van der Waals surface area (Å²) in [6.07, 6.45) is 0.941. The lowest BCUT2D eigenvalue weighted by Crippen LogP contribution is -2.24. The maximum absolute atomic E-state index is 10.4. The summed E-state index contributed by atoms with van der Waals surface area (Å²) in [7, 11) is 0. The third-order valence-corrected chi connectivity index (χ3v) is 0.632. The highest BCUT2D eigenvalue weighted by Gasteiger charge is 1.95. The molecule has 0 saturated heterocycles. The largest absolute Gasteiger partial charge is 0.448 e. The number of hydrogen-bond donors (Lipinski definition) is 1. The summed E-state index contributed by atoms with van der Waals surface area (Å²) in [6, 6.07) is 0. The van der Waals surface area contributed by atoms with Crippen molar-refractivity contribution in [3.63, 3.8) is 0 Å². The first-order chi connectivity index (χ1) is 4.81. The van der Waals surface area contributed by atoms with Crippen LogP contribution in [0.5, 0.6) is 0 Å². The normalized spacial score (nSPS) is 8.50. The molecule has 4 heteroatoms. The second-order valence-corrected chi connectivity index (χ2v) is 1.42. The zero-order valence-electron chi connectivity index (χ0n) is 5.92. The molecule has 0 atom stereocenters. The van der Waals surface area contributed by atoms with Crippen LogP contribution in [0, 0.1) is 0 Å². The Morgan fingerprint density at radius 1 is 1.80 bits per heavy atom. The van der Waals surface area contributed by atoms with Crippen molar-refractivity contribution in [2.75, 3.05) is 13.2 Å². The fourth-order valence-electron chi connectivity index (χ4n) is 0.320. The summed E-state index contributed by atoms with van der Waals surface area (Å²) in [5.41, 5.74) is 2.05. The number of rotatable bonds is 4. The van der Waals surface area contributed by atoms with Crippen molar-refractivity contribution in [1.29, 1.82) is 0 Å². The zero-order chi connectivity index (χ0) is 7.82. The third-order valence-electron chi connectivity index (χ3n) is 0.632. The monoisotopic (exact) mass is 145 g/mol. The highest BCUT2D eigenvalue weighted by molar-refractivity contribution is 5.65. The van der Waals surface area contributed by atoms with Gasteiger partial charge in [-0.05, 0) is 6.92 Å². The van der Waals surface area contributed by atoms with Gasteiger partial charge in [0.05, 0.1) is 13.2 Å². The predicted octanol–water partition coefficient (Wildman–Crippen LogP) is 0.850. The summed E-state index contributed by atoms with van der Waals surface area (Å²) < 4.78 is 4.48. The van der Waals surface area contributed by atoms with E-state index >= 15 is 0 Å². The van der Waals surface area contributed by atoms with E-state index in [9.17, 15) is 4.79 Å². The van der Waals surface area contributed by atoms with Gasteiger partial charge in [0.25, 0.3) is 0 Å². The van der Waals surface area contributed by atoms with E-state index in [2.05, 4.69) is 21.6 Å². The zero-order valence-corrected chi connectivity index (χ0v) is 5.92. The van der Waals surface area contributed by atoms with Crippen LogP contribution in [0.15, 0.2) is 12.7 Å². The molecule has 1 amide bonds. The molecule has 1 N–H and O–H groups in total. The second kappa shape index (κ2) is 6.10. The number of carbonyl (C=O) groups is 1. The van der Waals surface area contributed by atoms with Crippen LogP contribution < -0.4 is 5.48 Å². The maximum Gasteiger partial charge on any atom is 0.431 e. The Kier molecular flexibility index (Phi) is 5.47. The van der Waals surface area contributed by atoms with Gasteiger partial charge >= 0.3 is 6.09 Å². The summed E-state index contributed by atoms with van der Waals surface area (Å²) in [6.45, 7) is 5.71. The van der Waals surface area contributed by atoms with Crippen molar-refractivity contribution in [3.8, 4) is 0 Å². The van der Waals surface area contributed by atoms with Gasteiger partial charge < -0.3 is 4.74 Å². The molecule has 0 unspecified atom stereocenters. The number of nitrogens with one attached hydrogen (secondary N) is 1. The number of amides is 1. The van der Waals surface area contributed by atoms with Gasteiger partial charge in [-0.25, -0.2) is 4.79 Å². The Labute approximate surface area is 59.8 Å². The second-order valence-electron chi connectivity index (χ2n) is 1.42. The molecule has 0 aromatic heterocycles. The molecule has 0 fully saturated rings. The number of hydroxylamine groups is 1. The lowest BCUT2D eigenvalue weighted by molar-refractivity contribution is 0.0439. The Balaban J connectivity index is 3.13. The van der Waals surface area contributed by atoms with Gasteiger partial charge in [-0.3, -0.25) is 4.84 Å². The van der Waals surface area contributed by atoms with Crippen molar-refractivity contribution in [2.45, 2.75) is 6.92 Å². The maximum atomic E-state index is 10.4. The summed E-state index contributed by atoms with van der Waals surface area (Å²) in [5.74, 6) is 0. The van der Waals surface area contributed by atoms with E-state index in [0.717, 1.165) is 0 Å². The van der Waals surface area contributed by atoms with Crippen LogP contribution in [0.2, 0.25) is 0 Å². The average Bonchev–Trinajstić information content (AvgIpc) is 1.89. The van der Waals surface area contributed by atoms with Crippen molar-refractivity contribution in [2.24, 2.45) is 0 Å². The van der Waals surface area contributed by atoms with Crippen LogP contribution in [-0.4, -0.2) is 19.3 Å². The topological polar surface area (TPSA) is 47.6 Å². The van der Waals surface area contributed by atoms with E-state index in [0.29, 0.717) is 6.61 Å². The average molecular weight is 145 g/mol. The smallest absolute Gasteiger partial charge is 0.431 e. The highest BCUT2D eigenvalue weighted by atomic mass is 16.7. The van der Waals surface area contributed by atoms with Crippen LogP contribution in [0.25, 0.3) is 0 Å².